The Morgan fingerprint density at radius 2 is 2.06 bits per heavy atom. The van der Waals surface area contributed by atoms with Crippen LogP contribution in [0.2, 0.25) is 0 Å². The van der Waals surface area contributed by atoms with Gasteiger partial charge in [0.05, 0.1) is 0 Å². The lowest BCUT2D eigenvalue weighted by Gasteiger charge is -2.08. The van der Waals surface area contributed by atoms with Crippen LogP contribution in [0.1, 0.15) is 5.56 Å². The molecule has 0 aromatic heterocycles. The third-order valence-electron chi connectivity index (χ3n) is 2.33. The molecule has 0 aliphatic rings. The van der Waals surface area contributed by atoms with Gasteiger partial charge >= 0.3 is 0 Å². The second-order valence-corrected chi connectivity index (χ2v) is 4.62. The maximum absolute atomic E-state index is 13.6. The molecular formula is C15H10BrFO. The van der Waals surface area contributed by atoms with Gasteiger partial charge in [0.15, 0.2) is 11.6 Å². The van der Waals surface area contributed by atoms with E-state index in [4.69, 9.17) is 11.2 Å². The standard InChI is InChI=1S/C15H10BrFO/c1-2-4-11-7-8-14(17)15(9-11)18-13-6-3-5-12(16)10-13/h1,3,5-10H,4H2. The highest BCUT2D eigenvalue weighted by atomic mass is 79.9. The Hall–Kier alpha value is -1.79. The zero-order valence-electron chi connectivity index (χ0n) is 9.49. The Morgan fingerprint density at radius 3 is 2.78 bits per heavy atom. The van der Waals surface area contributed by atoms with E-state index < -0.39 is 5.82 Å². The van der Waals surface area contributed by atoms with Crippen LogP contribution in [-0.2, 0) is 6.42 Å². The van der Waals surface area contributed by atoms with Crippen LogP contribution in [-0.4, -0.2) is 0 Å². The second kappa shape index (κ2) is 5.70. The maximum atomic E-state index is 13.6. The van der Waals surface area contributed by atoms with Crippen molar-refractivity contribution in [1.29, 1.82) is 0 Å². The highest BCUT2D eigenvalue weighted by Gasteiger charge is 2.06. The van der Waals surface area contributed by atoms with Crippen molar-refractivity contribution in [1.82, 2.24) is 0 Å². The Kier molecular flexibility index (Phi) is 4.01. The molecule has 0 saturated heterocycles. The summed E-state index contributed by atoms with van der Waals surface area (Å²) in [5.74, 6) is 2.86. The zero-order chi connectivity index (χ0) is 13.0. The van der Waals surface area contributed by atoms with Gasteiger partial charge in [0.1, 0.15) is 5.75 Å². The molecule has 0 heterocycles. The summed E-state index contributed by atoms with van der Waals surface area (Å²) in [6, 6.07) is 11.9. The normalized spacial score (nSPS) is 9.83. The fourth-order valence-electron chi connectivity index (χ4n) is 1.51. The SMILES string of the molecule is C#CCc1ccc(F)c(Oc2cccc(Br)c2)c1. The fourth-order valence-corrected chi connectivity index (χ4v) is 1.89. The molecule has 1 nitrogen and oxygen atoms in total. The summed E-state index contributed by atoms with van der Waals surface area (Å²) in [5, 5.41) is 0. The van der Waals surface area contributed by atoms with Crippen molar-refractivity contribution in [2.24, 2.45) is 0 Å². The molecule has 0 aliphatic heterocycles. The highest BCUT2D eigenvalue weighted by molar-refractivity contribution is 9.10. The average Bonchev–Trinajstić information content (AvgIpc) is 2.34. The molecule has 0 bridgehead atoms. The van der Waals surface area contributed by atoms with Crippen molar-refractivity contribution < 1.29 is 9.13 Å². The van der Waals surface area contributed by atoms with E-state index >= 15 is 0 Å². The molecule has 18 heavy (non-hydrogen) atoms. The molecule has 0 unspecified atom stereocenters. The lowest BCUT2D eigenvalue weighted by Crippen LogP contribution is -1.91. The number of terminal acetylenes is 1. The third kappa shape index (κ3) is 3.12. The number of halogens is 2. The van der Waals surface area contributed by atoms with Crippen LogP contribution < -0.4 is 4.74 Å². The number of benzene rings is 2. The van der Waals surface area contributed by atoms with Gasteiger partial charge in [-0.3, -0.25) is 0 Å². The van der Waals surface area contributed by atoms with Gasteiger partial charge in [-0.1, -0.05) is 28.1 Å². The van der Waals surface area contributed by atoms with Gasteiger partial charge in [-0.15, -0.1) is 12.3 Å². The molecule has 0 N–H and O–H groups in total. The summed E-state index contributed by atoms with van der Waals surface area (Å²) in [6.45, 7) is 0. The first-order valence-corrected chi connectivity index (χ1v) is 6.13. The summed E-state index contributed by atoms with van der Waals surface area (Å²) >= 11 is 3.33. The quantitative estimate of drug-likeness (QED) is 0.756. The predicted molar refractivity (Wildman–Crippen MR) is 73.2 cm³/mol. The monoisotopic (exact) mass is 304 g/mol. The smallest absolute Gasteiger partial charge is 0.165 e. The maximum Gasteiger partial charge on any atom is 0.165 e. The molecule has 0 atom stereocenters. The molecule has 2 aromatic rings. The molecule has 2 aromatic carbocycles. The summed E-state index contributed by atoms with van der Waals surface area (Å²) < 4.78 is 20.0. The first-order valence-electron chi connectivity index (χ1n) is 5.34. The van der Waals surface area contributed by atoms with Crippen molar-refractivity contribution in [2.45, 2.75) is 6.42 Å². The van der Waals surface area contributed by atoms with E-state index in [0.29, 0.717) is 12.2 Å². The van der Waals surface area contributed by atoms with Gasteiger partial charge in [0, 0.05) is 10.9 Å². The van der Waals surface area contributed by atoms with E-state index in [9.17, 15) is 4.39 Å². The molecule has 2 rings (SSSR count). The van der Waals surface area contributed by atoms with E-state index in [1.54, 1.807) is 24.3 Å². The molecule has 0 aliphatic carbocycles. The number of hydrogen-bond donors (Lipinski definition) is 0. The topological polar surface area (TPSA) is 9.23 Å². The van der Waals surface area contributed by atoms with Crippen LogP contribution >= 0.6 is 15.9 Å². The second-order valence-electron chi connectivity index (χ2n) is 3.71. The van der Waals surface area contributed by atoms with Crippen LogP contribution in [0.15, 0.2) is 46.9 Å². The lowest BCUT2D eigenvalue weighted by atomic mass is 10.1. The van der Waals surface area contributed by atoms with Gasteiger partial charge in [-0.25, -0.2) is 4.39 Å². The minimum absolute atomic E-state index is 0.181. The van der Waals surface area contributed by atoms with E-state index in [0.717, 1.165) is 10.0 Å². The Bertz CT molecular complexity index is 602. The van der Waals surface area contributed by atoms with E-state index in [1.165, 1.54) is 6.07 Å². The molecular weight excluding hydrogens is 295 g/mol. The summed E-state index contributed by atoms with van der Waals surface area (Å²) in [5.41, 5.74) is 0.851. The molecule has 0 saturated carbocycles. The first kappa shape index (κ1) is 12.7. The van der Waals surface area contributed by atoms with Crippen LogP contribution in [0.5, 0.6) is 11.5 Å². The molecule has 0 radical (unpaired) electrons. The van der Waals surface area contributed by atoms with Crippen molar-refractivity contribution in [3.05, 3.63) is 58.3 Å². The van der Waals surface area contributed by atoms with Gasteiger partial charge in [0.25, 0.3) is 0 Å². The van der Waals surface area contributed by atoms with Crippen LogP contribution in [0.4, 0.5) is 4.39 Å². The van der Waals surface area contributed by atoms with E-state index in [1.807, 2.05) is 12.1 Å². The van der Waals surface area contributed by atoms with Crippen molar-refractivity contribution in [3.63, 3.8) is 0 Å². The minimum atomic E-state index is -0.407. The Labute approximate surface area is 114 Å². The Morgan fingerprint density at radius 1 is 1.22 bits per heavy atom. The number of ether oxygens (including phenoxy) is 1. The van der Waals surface area contributed by atoms with Crippen molar-refractivity contribution in [3.8, 4) is 23.8 Å². The largest absolute Gasteiger partial charge is 0.454 e. The minimum Gasteiger partial charge on any atom is -0.454 e. The van der Waals surface area contributed by atoms with Gasteiger partial charge < -0.3 is 4.74 Å². The molecule has 0 fully saturated rings. The molecule has 90 valence electrons. The van der Waals surface area contributed by atoms with Crippen molar-refractivity contribution in [2.75, 3.05) is 0 Å². The number of rotatable bonds is 3. The number of hydrogen-bond acceptors (Lipinski definition) is 1. The summed E-state index contributed by atoms with van der Waals surface area (Å²) in [4.78, 5) is 0. The van der Waals surface area contributed by atoms with Gasteiger partial charge in [-0.2, -0.15) is 0 Å². The molecule has 3 heteroatoms. The average molecular weight is 305 g/mol. The first-order chi connectivity index (χ1) is 8.69. The Balaban J connectivity index is 2.28. The highest BCUT2D eigenvalue weighted by Crippen LogP contribution is 2.27. The zero-order valence-corrected chi connectivity index (χ0v) is 11.1. The third-order valence-corrected chi connectivity index (χ3v) is 2.82. The van der Waals surface area contributed by atoms with Crippen LogP contribution in [0.3, 0.4) is 0 Å². The molecule has 0 spiro atoms. The summed E-state index contributed by atoms with van der Waals surface area (Å²) in [7, 11) is 0. The van der Waals surface area contributed by atoms with Crippen molar-refractivity contribution >= 4 is 15.9 Å². The van der Waals surface area contributed by atoms with Gasteiger partial charge in [0.2, 0.25) is 0 Å². The molecule has 0 amide bonds. The van der Waals surface area contributed by atoms with E-state index in [-0.39, 0.29) is 5.75 Å². The van der Waals surface area contributed by atoms with Gasteiger partial charge in [-0.05, 0) is 35.9 Å². The van der Waals surface area contributed by atoms with Crippen LogP contribution in [0.25, 0.3) is 0 Å². The summed E-state index contributed by atoms with van der Waals surface area (Å²) in [6.07, 6.45) is 5.68. The van der Waals surface area contributed by atoms with E-state index in [2.05, 4.69) is 21.9 Å². The van der Waals surface area contributed by atoms with Crippen LogP contribution in [0, 0.1) is 18.2 Å². The lowest BCUT2D eigenvalue weighted by molar-refractivity contribution is 0.441. The fraction of sp³-hybridized carbons (Fsp3) is 0.0667. The predicted octanol–water partition coefficient (Wildman–Crippen LogP) is 4.56.